The fourth-order valence-electron chi connectivity index (χ4n) is 6.90. The lowest BCUT2D eigenvalue weighted by molar-refractivity contribution is -0.204. The molecule has 2 saturated heterocycles. The minimum absolute atomic E-state index is 0.0323. The number of nitrogens with zero attached hydrogens (tertiary/aromatic N) is 3. The maximum absolute atomic E-state index is 13.6. The van der Waals surface area contributed by atoms with E-state index in [2.05, 4.69) is 5.32 Å². The molecule has 3 aromatic rings. The number of Topliss-reactive ketones (excluding diaryl/α,β-unsaturated/α-hetero) is 1. The van der Waals surface area contributed by atoms with E-state index in [0.29, 0.717) is 41.8 Å². The van der Waals surface area contributed by atoms with Crippen LogP contribution in [0.3, 0.4) is 0 Å². The number of benzene rings is 2. The highest BCUT2D eigenvalue weighted by atomic mass is 32.1. The summed E-state index contributed by atoms with van der Waals surface area (Å²) in [6.07, 6.45) is -3.25. The number of esters is 2. The van der Waals surface area contributed by atoms with Gasteiger partial charge in [-0.2, -0.15) is 0 Å². The molecule has 3 amide bonds. The number of carbonyl (C=O) groups excluding carboxylic acids is 6. The van der Waals surface area contributed by atoms with Gasteiger partial charge in [0.2, 0.25) is 12.2 Å². The Hall–Kier alpha value is -5.54. The smallest absolute Gasteiger partial charge is 0.410 e. The van der Waals surface area contributed by atoms with Gasteiger partial charge in [-0.25, -0.2) is 9.59 Å². The van der Waals surface area contributed by atoms with Gasteiger partial charge in [-0.05, 0) is 49.3 Å². The molecule has 0 aliphatic carbocycles. The Kier molecular flexibility index (Phi) is 18.9. The van der Waals surface area contributed by atoms with E-state index in [-0.39, 0.29) is 94.6 Å². The predicted molar refractivity (Wildman–Crippen MR) is 232 cm³/mol. The Morgan fingerprint density at radius 1 is 0.828 bits per heavy atom. The number of ketones is 1. The van der Waals surface area contributed by atoms with Crippen molar-refractivity contribution in [2.45, 2.75) is 57.7 Å². The number of methoxy groups -OCH3 is 3. The second-order valence-corrected chi connectivity index (χ2v) is 16.3. The zero-order valence-corrected chi connectivity index (χ0v) is 38.0. The highest BCUT2D eigenvalue weighted by molar-refractivity contribution is 7.20. The number of thiophene rings is 1. The average molecular weight is 915 g/mol. The summed E-state index contributed by atoms with van der Waals surface area (Å²) in [5, 5.41) is 3.66. The summed E-state index contributed by atoms with van der Waals surface area (Å²) in [5.74, 6) is -0.816. The molecule has 19 nitrogen and oxygen atoms in total. The van der Waals surface area contributed by atoms with Crippen LogP contribution in [0.2, 0.25) is 0 Å². The van der Waals surface area contributed by atoms with Crippen molar-refractivity contribution in [3.63, 3.8) is 0 Å². The van der Waals surface area contributed by atoms with E-state index in [1.54, 1.807) is 31.3 Å². The minimum Gasteiger partial charge on any atom is -0.493 e. The van der Waals surface area contributed by atoms with Crippen molar-refractivity contribution >= 4 is 57.1 Å². The lowest BCUT2D eigenvalue weighted by atomic mass is 10.0. The van der Waals surface area contributed by atoms with Crippen LogP contribution in [0.4, 0.5) is 4.79 Å². The molecule has 0 bridgehead atoms. The van der Waals surface area contributed by atoms with E-state index in [9.17, 15) is 28.8 Å². The molecule has 2 aromatic carbocycles. The summed E-state index contributed by atoms with van der Waals surface area (Å²) in [4.78, 5) is 82.8. The number of hydrogen-bond donors (Lipinski definition) is 1. The van der Waals surface area contributed by atoms with E-state index in [4.69, 9.17) is 42.6 Å². The van der Waals surface area contributed by atoms with Crippen molar-refractivity contribution in [1.82, 2.24) is 20.0 Å². The van der Waals surface area contributed by atoms with Crippen molar-refractivity contribution in [2.24, 2.45) is 0 Å². The normalized spacial score (nSPS) is 17.5. The monoisotopic (exact) mass is 914 g/mol. The van der Waals surface area contributed by atoms with Crippen LogP contribution in [0.5, 0.6) is 17.2 Å². The first-order valence-corrected chi connectivity index (χ1v) is 21.8. The van der Waals surface area contributed by atoms with Crippen LogP contribution in [0.1, 0.15) is 58.2 Å². The first-order chi connectivity index (χ1) is 30.8. The number of ether oxygens (including phenoxy) is 9. The minimum atomic E-state index is -1.09. The molecule has 3 unspecified atom stereocenters. The second kappa shape index (κ2) is 24.5. The molecular weight excluding hydrogens is 857 g/mol. The number of piperazine rings is 1. The average Bonchev–Trinajstić information content (AvgIpc) is 3.71. The van der Waals surface area contributed by atoms with Gasteiger partial charge >= 0.3 is 18.0 Å². The van der Waals surface area contributed by atoms with Crippen molar-refractivity contribution < 1.29 is 71.4 Å². The third-order valence-corrected chi connectivity index (χ3v) is 11.4. The van der Waals surface area contributed by atoms with Gasteiger partial charge in [0, 0.05) is 82.6 Å². The molecule has 3 atom stereocenters. The van der Waals surface area contributed by atoms with Crippen molar-refractivity contribution in [1.29, 1.82) is 0 Å². The van der Waals surface area contributed by atoms with E-state index in [1.165, 1.54) is 42.4 Å². The highest BCUT2D eigenvalue weighted by Crippen LogP contribution is 2.37. The summed E-state index contributed by atoms with van der Waals surface area (Å²) >= 11 is 1.33. The van der Waals surface area contributed by atoms with Crippen LogP contribution in [-0.4, -0.2) is 170 Å². The summed E-state index contributed by atoms with van der Waals surface area (Å²) in [7, 11) is 8.22. The molecule has 2 fully saturated rings. The fraction of sp³-hybridized carbons (Fsp3) is 0.545. The van der Waals surface area contributed by atoms with Gasteiger partial charge < -0.3 is 62.6 Å². The van der Waals surface area contributed by atoms with Crippen molar-refractivity contribution in [3.8, 4) is 17.2 Å². The standard InChI is InChI=1S/C44H58N4O15S/c1-28(49)61-31-24-37(43(53)57-6)63-41(25-31)62-34-9-7-29(21-32(34)42(52)45-11-17-58-19-20-59-18-16-46(2)3)27-60-44(54)48-14-12-47(13-15-48)40(51)10-8-33(50)39-23-30-22-35(55-4)36(56-5)26-38(30)64-39/h7,9,21-23,26,31,37,41H,8,10-20,24-25,27H2,1-6H3,(H,45,52). The Morgan fingerprint density at radius 3 is 2.22 bits per heavy atom. The van der Waals surface area contributed by atoms with E-state index >= 15 is 0 Å². The Labute approximate surface area is 376 Å². The zero-order chi connectivity index (χ0) is 46.2. The molecule has 350 valence electrons. The molecule has 1 aromatic heterocycles. The summed E-state index contributed by atoms with van der Waals surface area (Å²) in [6.45, 7) is 4.54. The number of rotatable bonds is 22. The maximum atomic E-state index is 13.6. The van der Waals surface area contributed by atoms with E-state index in [0.717, 1.165) is 16.6 Å². The Balaban J connectivity index is 1.14. The molecule has 64 heavy (non-hydrogen) atoms. The van der Waals surface area contributed by atoms with E-state index in [1.807, 2.05) is 31.1 Å². The largest absolute Gasteiger partial charge is 0.493 e. The number of amides is 3. The predicted octanol–water partition coefficient (Wildman–Crippen LogP) is 3.68. The first kappa shape index (κ1) is 49.5. The Morgan fingerprint density at radius 2 is 1.53 bits per heavy atom. The van der Waals surface area contributed by atoms with Crippen LogP contribution in [0, 0.1) is 0 Å². The molecule has 0 saturated carbocycles. The lowest BCUT2D eigenvalue weighted by Crippen LogP contribution is -2.50. The lowest BCUT2D eigenvalue weighted by Gasteiger charge is -2.34. The number of likely N-dealkylation sites (N-methyl/N-ethyl adjacent to an activating group) is 1. The molecule has 2 aliphatic rings. The summed E-state index contributed by atoms with van der Waals surface area (Å²) in [5.41, 5.74) is 0.564. The first-order valence-electron chi connectivity index (χ1n) is 20.9. The number of nitrogens with one attached hydrogen (secondary N) is 1. The van der Waals surface area contributed by atoms with Crippen LogP contribution in [-0.2, 0) is 49.4 Å². The maximum Gasteiger partial charge on any atom is 0.410 e. The topological polar surface area (TPSA) is 207 Å². The van der Waals surface area contributed by atoms with Gasteiger partial charge in [-0.3, -0.25) is 19.2 Å². The molecule has 0 spiro atoms. The van der Waals surface area contributed by atoms with Gasteiger partial charge in [0.1, 0.15) is 18.5 Å². The summed E-state index contributed by atoms with van der Waals surface area (Å²) in [6, 6.07) is 10.1. The fourth-order valence-corrected chi connectivity index (χ4v) is 7.94. The molecule has 0 radical (unpaired) electrons. The van der Waals surface area contributed by atoms with Crippen molar-refractivity contribution in [2.75, 3.05) is 101 Å². The molecule has 1 N–H and O–H groups in total. The quantitative estimate of drug-likeness (QED) is 0.0660. The molecule has 5 rings (SSSR count). The van der Waals surface area contributed by atoms with Crippen molar-refractivity contribution in [3.05, 3.63) is 52.4 Å². The number of fused-ring (bicyclic) bond motifs is 1. The Bertz CT molecular complexity index is 2050. The number of hydrogen-bond acceptors (Lipinski definition) is 17. The highest BCUT2D eigenvalue weighted by Gasteiger charge is 2.38. The molecule has 20 heteroatoms. The van der Waals surface area contributed by atoms with Gasteiger partial charge in [0.25, 0.3) is 5.91 Å². The molecule has 3 heterocycles. The van der Waals surface area contributed by atoms with Gasteiger partial charge in [-0.1, -0.05) is 6.07 Å². The zero-order valence-electron chi connectivity index (χ0n) is 37.2. The molecular formula is C44H58N4O15S. The van der Waals surface area contributed by atoms with Crippen LogP contribution in [0.25, 0.3) is 10.1 Å². The van der Waals surface area contributed by atoms with Crippen LogP contribution >= 0.6 is 11.3 Å². The molecule has 2 aliphatic heterocycles. The third-order valence-electron chi connectivity index (χ3n) is 10.3. The number of carbonyl (C=O) groups is 6. The SMILES string of the molecule is COC(=O)C1CC(OC(C)=O)CC(Oc2ccc(COC(=O)N3CCN(C(=O)CCC(=O)c4cc5cc(OC)c(OC)cc5s4)CC3)cc2C(=O)NCCOCCOCCN(C)C)O1. The third kappa shape index (κ3) is 14.5. The summed E-state index contributed by atoms with van der Waals surface area (Å²) < 4.78 is 50.6. The van der Waals surface area contributed by atoms with Gasteiger partial charge in [-0.15, -0.1) is 11.3 Å². The van der Waals surface area contributed by atoms with Gasteiger partial charge in [0.05, 0.1) is 58.2 Å². The van der Waals surface area contributed by atoms with Crippen LogP contribution in [0.15, 0.2) is 36.4 Å². The van der Waals surface area contributed by atoms with Gasteiger partial charge in [0.15, 0.2) is 23.4 Å². The van der Waals surface area contributed by atoms with Crippen LogP contribution < -0.4 is 19.5 Å². The second-order valence-electron chi connectivity index (χ2n) is 15.2. The van der Waals surface area contributed by atoms with E-state index < -0.39 is 42.4 Å².